The molecule has 2 rings (SSSR count). The monoisotopic (exact) mass is 368 g/mol. The van der Waals surface area contributed by atoms with Crippen LogP contribution in [0, 0.1) is 24.7 Å². The number of benzene rings is 2. The van der Waals surface area contributed by atoms with E-state index in [1.165, 1.54) is 28.7 Å². The van der Waals surface area contributed by atoms with E-state index >= 15 is 0 Å². The van der Waals surface area contributed by atoms with Gasteiger partial charge in [-0.3, -0.25) is 0 Å². The van der Waals surface area contributed by atoms with Gasteiger partial charge in [0.05, 0.1) is 5.57 Å². The van der Waals surface area contributed by atoms with Gasteiger partial charge < -0.3 is 0 Å². The highest BCUT2D eigenvalue weighted by molar-refractivity contribution is 5.63. The lowest BCUT2D eigenvalue weighted by atomic mass is 9.97. The average molecular weight is 369 g/mol. The van der Waals surface area contributed by atoms with Gasteiger partial charge in [-0.25, -0.2) is 0 Å². The molecule has 28 heavy (non-hydrogen) atoms. The quantitative estimate of drug-likeness (QED) is 0.272. The van der Waals surface area contributed by atoms with Crippen molar-refractivity contribution < 1.29 is 0 Å². The van der Waals surface area contributed by atoms with E-state index in [1.54, 1.807) is 0 Å². The Kier molecular flexibility index (Phi) is 8.61. The topological polar surface area (TPSA) is 0 Å². The summed E-state index contributed by atoms with van der Waals surface area (Å²) >= 11 is 0. The molecule has 0 radical (unpaired) electrons. The standard InChI is InChI=1S/C28H32/c1-6-22(3)20-26-18-16-25(17-19-26)13-9-11-14-27(7-2)24(5)21-28-15-10-8-12-23(28)4/h8,10,12,15-19,21-22H,2,6,9,13,20H2,1,3-5H3. The smallest absolute Gasteiger partial charge is 0.0686 e. The third-order valence-corrected chi connectivity index (χ3v) is 5.19. The molecule has 1 atom stereocenters. The summed E-state index contributed by atoms with van der Waals surface area (Å²) < 4.78 is 0. The minimum atomic E-state index is 0.747. The highest BCUT2D eigenvalue weighted by atomic mass is 14.1. The van der Waals surface area contributed by atoms with Crippen LogP contribution in [-0.4, -0.2) is 0 Å². The predicted octanol–water partition coefficient (Wildman–Crippen LogP) is 7.33. The summed E-state index contributed by atoms with van der Waals surface area (Å²) in [5, 5.41) is 0. The van der Waals surface area contributed by atoms with Crippen molar-refractivity contribution in [2.45, 2.75) is 53.4 Å². The van der Waals surface area contributed by atoms with Crippen molar-refractivity contribution in [1.29, 1.82) is 0 Å². The van der Waals surface area contributed by atoms with Gasteiger partial charge in [0.25, 0.3) is 0 Å². The lowest BCUT2D eigenvalue weighted by Crippen LogP contribution is -1.97. The maximum Gasteiger partial charge on any atom is 0.0686 e. The predicted molar refractivity (Wildman–Crippen MR) is 123 cm³/mol. The Morgan fingerprint density at radius 1 is 1.07 bits per heavy atom. The van der Waals surface area contributed by atoms with Gasteiger partial charge >= 0.3 is 0 Å². The van der Waals surface area contributed by atoms with Crippen LogP contribution in [0.25, 0.3) is 6.08 Å². The van der Waals surface area contributed by atoms with Crippen LogP contribution in [0.1, 0.15) is 55.9 Å². The summed E-state index contributed by atoms with van der Waals surface area (Å²) in [4.78, 5) is 0. The van der Waals surface area contributed by atoms with E-state index in [-0.39, 0.29) is 0 Å². The Labute approximate surface area is 171 Å². The lowest BCUT2D eigenvalue weighted by Gasteiger charge is -2.08. The summed E-state index contributed by atoms with van der Waals surface area (Å²) in [5.41, 5.74) is 10.2. The van der Waals surface area contributed by atoms with Crippen molar-refractivity contribution in [1.82, 2.24) is 0 Å². The van der Waals surface area contributed by atoms with E-state index in [4.69, 9.17) is 0 Å². The SMILES string of the molecule is C=C=C(C#CCCc1ccc(CC(C)CC)cc1)C(C)=Cc1ccccc1C. The molecule has 0 heterocycles. The zero-order chi connectivity index (χ0) is 20.4. The minimum Gasteiger partial charge on any atom is -0.111 e. The van der Waals surface area contributed by atoms with Crippen LogP contribution < -0.4 is 0 Å². The number of hydrogen-bond donors (Lipinski definition) is 0. The normalized spacial score (nSPS) is 11.9. The van der Waals surface area contributed by atoms with E-state index in [1.807, 2.05) is 0 Å². The Hall–Kier alpha value is -2.74. The zero-order valence-corrected chi connectivity index (χ0v) is 17.8. The van der Waals surface area contributed by atoms with Crippen molar-refractivity contribution in [3.63, 3.8) is 0 Å². The molecule has 0 aliphatic carbocycles. The van der Waals surface area contributed by atoms with Gasteiger partial charge in [0.2, 0.25) is 0 Å². The molecule has 0 aromatic heterocycles. The van der Waals surface area contributed by atoms with Gasteiger partial charge in [-0.2, -0.15) is 0 Å². The molecule has 1 unspecified atom stereocenters. The van der Waals surface area contributed by atoms with E-state index < -0.39 is 0 Å². The van der Waals surface area contributed by atoms with Gasteiger partial charge in [-0.05, 0) is 66.5 Å². The summed E-state index contributed by atoms with van der Waals surface area (Å²) in [6, 6.07) is 17.4. The molecule has 0 heteroatoms. The van der Waals surface area contributed by atoms with Crippen LogP contribution in [0.4, 0.5) is 0 Å². The van der Waals surface area contributed by atoms with E-state index in [0.717, 1.165) is 36.3 Å². The highest BCUT2D eigenvalue weighted by Gasteiger charge is 2.01. The highest BCUT2D eigenvalue weighted by Crippen LogP contribution is 2.16. The Balaban J connectivity index is 1.95. The van der Waals surface area contributed by atoms with Gasteiger partial charge in [-0.1, -0.05) is 87.2 Å². The molecule has 0 fully saturated rings. The number of rotatable bonds is 7. The summed E-state index contributed by atoms with van der Waals surface area (Å²) in [7, 11) is 0. The van der Waals surface area contributed by atoms with E-state index in [2.05, 4.69) is 106 Å². The summed E-state index contributed by atoms with van der Waals surface area (Å²) in [6.07, 6.45) is 6.37. The number of hydrogen-bond acceptors (Lipinski definition) is 0. The van der Waals surface area contributed by atoms with Crippen molar-refractivity contribution in [3.8, 4) is 11.8 Å². The Bertz CT molecular complexity index is 907. The molecule has 0 spiro atoms. The molecule has 0 saturated heterocycles. The lowest BCUT2D eigenvalue weighted by molar-refractivity contribution is 0.560. The maximum absolute atomic E-state index is 3.82. The second kappa shape index (κ2) is 11.2. The second-order valence-corrected chi connectivity index (χ2v) is 7.57. The molecule has 144 valence electrons. The first kappa shape index (κ1) is 21.6. The third-order valence-electron chi connectivity index (χ3n) is 5.19. The first-order valence-corrected chi connectivity index (χ1v) is 10.2. The number of allylic oxidation sites excluding steroid dienone is 2. The largest absolute Gasteiger partial charge is 0.111 e. The maximum atomic E-state index is 3.82. The Morgan fingerprint density at radius 3 is 2.39 bits per heavy atom. The van der Waals surface area contributed by atoms with Gasteiger partial charge in [-0.15, -0.1) is 5.73 Å². The van der Waals surface area contributed by atoms with Crippen molar-refractivity contribution in [2.75, 3.05) is 0 Å². The van der Waals surface area contributed by atoms with Gasteiger partial charge in [0.15, 0.2) is 0 Å². The molecule has 0 nitrogen and oxygen atoms in total. The molecule has 0 amide bonds. The number of aryl methyl sites for hydroxylation is 2. The molecule has 0 saturated carbocycles. The van der Waals surface area contributed by atoms with Crippen LogP contribution in [0.2, 0.25) is 0 Å². The van der Waals surface area contributed by atoms with Crippen molar-refractivity contribution in [3.05, 3.63) is 94.2 Å². The molecule has 0 aliphatic rings. The van der Waals surface area contributed by atoms with Crippen molar-refractivity contribution in [2.24, 2.45) is 5.92 Å². The summed E-state index contributed by atoms with van der Waals surface area (Å²) in [6.45, 7) is 12.6. The third kappa shape index (κ3) is 6.77. The molecule has 0 aliphatic heterocycles. The fourth-order valence-corrected chi connectivity index (χ4v) is 3.08. The van der Waals surface area contributed by atoms with Crippen LogP contribution in [0.15, 0.2) is 72.0 Å². The molecule has 0 N–H and O–H groups in total. The van der Waals surface area contributed by atoms with E-state index in [9.17, 15) is 0 Å². The molecule has 2 aromatic rings. The summed E-state index contributed by atoms with van der Waals surface area (Å²) in [5.74, 6) is 7.29. The average Bonchev–Trinajstić information content (AvgIpc) is 2.70. The molecular formula is C28H32. The first-order valence-electron chi connectivity index (χ1n) is 10.2. The van der Waals surface area contributed by atoms with Crippen LogP contribution in [0.5, 0.6) is 0 Å². The molecule has 2 aromatic carbocycles. The molecular weight excluding hydrogens is 336 g/mol. The van der Waals surface area contributed by atoms with Crippen LogP contribution in [0.3, 0.4) is 0 Å². The second-order valence-electron chi connectivity index (χ2n) is 7.57. The zero-order valence-electron chi connectivity index (χ0n) is 17.8. The minimum absolute atomic E-state index is 0.747. The fourth-order valence-electron chi connectivity index (χ4n) is 3.08. The van der Waals surface area contributed by atoms with Crippen LogP contribution >= 0.6 is 0 Å². The fraction of sp³-hybridized carbons (Fsp3) is 0.321. The molecule has 0 bridgehead atoms. The first-order chi connectivity index (χ1) is 13.5. The Morgan fingerprint density at radius 2 is 1.75 bits per heavy atom. The van der Waals surface area contributed by atoms with Gasteiger partial charge in [0.1, 0.15) is 0 Å². The van der Waals surface area contributed by atoms with Crippen LogP contribution in [-0.2, 0) is 12.8 Å². The van der Waals surface area contributed by atoms with Gasteiger partial charge in [0, 0.05) is 6.42 Å². The van der Waals surface area contributed by atoms with E-state index in [0.29, 0.717) is 0 Å². The van der Waals surface area contributed by atoms with Crippen molar-refractivity contribution >= 4 is 6.08 Å².